The molecule has 0 aromatic carbocycles. The topological polar surface area (TPSA) is 62.9 Å². The van der Waals surface area contributed by atoms with E-state index in [0.717, 1.165) is 39.0 Å². The van der Waals surface area contributed by atoms with E-state index in [1.54, 1.807) is 7.11 Å². The molecule has 0 aliphatic carbocycles. The summed E-state index contributed by atoms with van der Waals surface area (Å²) in [6.45, 7) is 4.54. The van der Waals surface area contributed by atoms with Crippen LogP contribution in [0.5, 0.6) is 0 Å². The third-order valence-corrected chi connectivity index (χ3v) is 3.44. The molecule has 0 aromatic rings. The van der Waals surface area contributed by atoms with E-state index in [1.165, 1.54) is 0 Å². The highest BCUT2D eigenvalue weighted by Gasteiger charge is 2.42. The maximum atomic E-state index is 5.93. The van der Waals surface area contributed by atoms with Crippen molar-refractivity contribution in [3.8, 4) is 0 Å². The number of hydrogen-bond donors (Lipinski definition) is 2. The molecule has 2 heterocycles. The number of aliphatic imine (C=N–C) groups is 1. The lowest BCUT2D eigenvalue weighted by Gasteiger charge is -2.42. The van der Waals surface area contributed by atoms with Crippen molar-refractivity contribution < 1.29 is 4.74 Å². The molecule has 2 rings (SSSR count). The molecule has 0 radical (unpaired) electrons. The Hall–Kier alpha value is -0.810. The highest BCUT2D eigenvalue weighted by atomic mass is 16.5. The Bertz CT molecular complexity index is 248. The molecule has 2 aliphatic heterocycles. The molecule has 5 nitrogen and oxygen atoms in total. The summed E-state index contributed by atoms with van der Waals surface area (Å²) in [5.41, 5.74) is 6.10. The summed E-state index contributed by atoms with van der Waals surface area (Å²) in [6, 6.07) is 0. The zero-order valence-electron chi connectivity index (χ0n) is 9.33. The third kappa shape index (κ3) is 1.94. The first-order valence-corrected chi connectivity index (χ1v) is 5.56. The van der Waals surface area contributed by atoms with Gasteiger partial charge in [-0.15, -0.1) is 0 Å². The SMILES string of the molecule is COCCN1C(N)=NCC12CCNCC2. The Morgan fingerprint density at radius 2 is 2.27 bits per heavy atom. The Morgan fingerprint density at radius 3 is 2.93 bits per heavy atom. The lowest BCUT2D eigenvalue weighted by molar-refractivity contribution is 0.107. The van der Waals surface area contributed by atoms with Crippen molar-refractivity contribution in [3.05, 3.63) is 0 Å². The fourth-order valence-corrected chi connectivity index (χ4v) is 2.50. The van der Waals surface area contributed by atoms with Crippen LogP contribution in [0.2, 0.25) is 0 Å². The number of rotatable bonds is 3. The Morgan fingerprint density at radius 1 is 1.53 bits per heavy atom. The van der Waals surface area contributed by atoms with Gasteiger partial charge in [0.15, 0.2) is 5.96 Å². The van der Waals surface area contributed by atoms with Crippen LogP contribution in [0.25, 0.3) is 0 Å². The van der Waals surface area contributed by atoms with Gasteiger partial charge in [0.1, 0.15) is 0 Å². The van der Waals surface area contributed by atoms with Crippen LogP contribution in [-0.2, 0) is 4.74 Å². The second-order valence-electron chi connectivity index (χ2n) is 4.29. The first kappa shape index (κ1) is 10.7. The minimum absolute atomic E-state index is 0.174. The predicted molar refractivity (Wildman–Crippen MR) is 59.9 cm³/mol. The molecule has 0 aromatic heterocycles. The van der Waals surface area contributed by atoms with Crippen molar-refractivity contribution in [3.63, 3.8) is 0 Å². The molecule has 15 heavy (non-hydrogen) atoms. The van der Waals surface area contributed by atoms with Crippen LogP contribution in [-0.4, -0.2) is 56.3 Å². The maximum Gasteiger partial charge on any atom is 0.191 e. The van der Waals surface area contributed by atoms with Crippen LogP contribution in [0.4, 0.5) is 0 Å². The highest BCUT2D eigenvalue weighted by Crippen LogP contribution is 2.30. The summed E-state index contributed by atoms with van der Waals surface area (Å²) < 4.78 is 5.12. The molecule has 0 saturated carbocycles. The molecular formula is C10H20N4O. The average molecular weight is 212 g/mol. The minimum Gasteiger partial charge on any atom is -0.383 e. The second-order valence-corrected chi connectivity index (χ2v) is 4.29. The van der Waals surface area contributed by atoms with Gasteiger partial charge in [0.2, 0.25) is 0 Å². The fraction of sp³-hybridized carbons (Fsp3) is 0.900. The van der Waals surface area contributed by atoms with Gasteiger partial charge in [0.25, 0.3) is 0 Å². The van der Waals surface area contributed by atoms with Crippen LogP contribution in [0, 0.1) is 0 Å². The van der Waals surface area contributed by atoms with E-state index < -0.39 is 0 Å². The maximum absolute atomic E-state index is 5.93. The molecule has 0 amide bonds. The van der Waals surface area contributed by atoms with E-state index in [0.29, 0.717) is 12.6 Å². The van der Waals surface area contributed by atoms with Gasteiger partial charge in [0.05, 0.1) is 18.7 Å². The largest absolute Gasteiger partial charge is 0.383 e. The molecule has 2 aliphatic rings. The summed E-state index contributed by atoms with van der Waals surface area (Å²) in [5.74, 6) is 0.689. The monoisotopic (exact) mass is 212 g/mol. The van der Waals surface area contributed by atoms with E-state index in [4.69, 9.17) is 10.5 Å². The van der Waals surface area contributed by atoms with E-state index in [1.807, 2.05) is 0 Å². The Balaban J connectivity index is 2.04. The van der Waals surface area contributed by atoms with Gasteiger partial charge in [-0.1, -0.05) is 0 Å². The number of nitrogens with zero attached hydrogens (tertiary/aromatic N) is 2. The Labute approximate surface area is 90.7 Å². The van der Waals surface area contributed by atoms with Crippen molar-refractivity contribution >= 4 is 5.96 Å². The fourth-order valence-electron chi connectivity index (χ4n) is 2.50. The summed E-state index contributed by atoms with van der Waals surface area (Å²) in [5, 5.41) is 3.38. The summed E-state index contributed by atoms with van der Waals surface area (Å²) in [7, 11) is 1.72. The van der Waals surface area contributed by atoms with Gasteiger partial charge >= 0.3 is 0 Å². The van der Waals surface area contributed by atoms with Gasteiger partial charge in [-0.3, -0.25) is 4.99 Å². The second kappa shape index (κ2) is 4.37. The molecule has 1 spiro atoms. The van der Waals surface area contributed by atoms with Gasteiger partial charge < -0.3 is 20.7 Å². The average Bonchev–Trinajstić information content (AvgIpc) is 2.55. The molecule has 86 valence electrons. The number of ether oxygens (including phenoxy) is 1. The van der Waals surface area contributed by atoms with Gasteiger partial charge in [-0.2, -0.15) is 0 Å². The molecule has 0 atom stereocenters. The first-order chi connectivity index (χ1) is 7.28. The van der Waals surface area contributed by atoms with Crippen LogP contribution < -0.4 is 11.1 Å². The molecule has 1 fully saturated rings. The molecule has 5 heteroatoms. The first-order valence-electron chi connectivity index (χ1n) is 5.56. The van der Waals surface area contributed by atoms with Gasteiger partial charge in [-0.05, 0) is 25.9 Å². The predicted octanol–water partition coefficient (Wildman–Crippen LogP) is -0.615. The number of guanidine groups is 1. The molecule has 0 bridgehead atoms. The van der Waals surface area contributed by atoms with Gasteiger partial charge in [0, 0.05) is 13.7 Å². The van der Waals surface area contributed by atoms with Crippen molar-refractivity contribution in [2.24, 2.45) is 10.7 Å². The minimum atomic E-state index is 0.174. The zero-order valence-corrected chi connectivity index (χ0v) is 9.33. The van der Waals surface area contributed by atoms with Crippen molar-refractivity contribution in [1.29, 1.82) is 0 Å². The zero-order chi connectivity index (χ0) is 10.7. The summed E-state index contributed by atoms with van der Waals surface area (Å²) in [6.07, 6.45) is 2.25. The number of piperidine rings is 1. The highest BCUT2D eigenvalue weighted by molar-refractivity contribution is 5.81. The Kier molecular flexibility index (Phi) is 3.11. The van der Waals surface area contributed by atoms with E-state index >= 15 is 0 Å². The normalized spacial score (nSPS) is 24.6. The molecule has 0 unspecified atom stereocenters. The van der Waals surface area contributed by atoms with Gasteiger partial charge in [-0.25, -0.2) is 0 Å². The smallest absolute Gasteiger partial charge is 0.191 e. The lowest BCUT2D eigenvalue weighted by Crippen LogP contribution is -2.57. The standard InChI is InChI=1S/C10H20N4O/c1-15-7-6-14-9(11)13-8-10(14)2-4-12-5-3-10/h12H,2-8H2,1H3,(H2,11,13). The van der Waals surface area contributed by atoms with E-state index in [9.17, 15) is 0 Å². The summed E-state index contributed by atoms with van der Waals surface area (Å²) >= 11 is 0. The van der Waals surface area contributed by atoms with Crippen molar-refractivity contribution in [1.82, 2.24) is 10.2 Å². The number of nitrogens with two attached hydrogens (primary N) is 1. The number of hydrogen-bond acceptors (Lipinski definition) is 5. The number of methoxy groups -OCH3 is 1. The van der Waals surface area contributed by atoms with Crippen LogP contribution in [0.1, 0.15) is 12.8 Å². The van der Waals surface area contributed by atoms with E-state index in [2.05, 4.69) is 15.2 Å². The van der Waals surface area contributed by atoms with Crippen molar-refractivity contribution in [2.75, 3.05) is 39.9 Å². The van der Waals surface area contributed by atoms with Crippen LogP contribution in [0.3, 0.4) is 0 Å². The molecule has 1 saturated heterocycles. The molecule has 3 N–H and O–H groups in total. The quantitative estimate of drug-likeness (QED) is 0.655. The molecular weight excluding hydrogens is 192 g/mol. The lowest BCUT2D eigenvalue weighted by atomic mass is 9.87. The van der Waals surface area contributed by atoms with Crippen molar-refractivity contribution in [2.45, 2.75) is 18.4 Å². The van der Waals surface area contributed by atoms with Crippen LogP contribution in [0.15, 0.2) is 4.99 Å². The summed E-state index contributed by atoms with van der Waals surface area (Å²) in [4.78, 5) is 6.62. The van der Waals surface area contributed by atoms with E-state index in [-0.39, 0.29) is 5.54 Å². The number of nitrogens with one attached hydrogen (secondary N) is 1. The third-order valence-electron chi connectivity index (χ3n) is 3.44. The van der Waals surface area contributed by atoms with Crippen LogP contribution >= 0.6 is 0 Å².